The van der Waals surface area contributed by atoms with Gasteiger partial charge in [0, 0.05) is 12.7 Å². The fraction of sp³-hybridized carbons (Fsp3) is 0.545. The molecule has 1 fully saturated rings. The van der Waals surface area contributed by atoms with Crippen molar-refractivity contribution in [3.63, 3.8) is 0 Å². The van der Waals surface area contributed by atoms with E-state index in [1.165, 1.54) is 0 Å². The van der Waals surface area contributed by atoms with Gasteiger partial charge < -0.3 is 4.57 Å². The third kappa shape index (κ3) is 2.73. The Kier molecular flexibility index (Phi) is 3.34. The average Bonchev–Trinajstić information content (AvgIpc) is 2.15. The number of halogens is 4. The molecule has 2 nitrogen and oxygen atoms in total. The van der Waals surface area contributed by atoms with Crippen molar-refractivity contribution in [1.29, 1.82) is 0 Å². The van der Waals surface area contributed by atoms with Crippen molar-refractivity contribution in [1.82, 2.24) is 4.57 Å². The fourth-order valence-corrected chi connectivity index (χ4v) is 2.32. The maximum Gasteiger partial charge on any atom is 0.417 e. The molecule has 0 N–H and O–H groups in total. The van der Waals surface area contributed by atoms with Gasteiger partial charge in [0.1, 0.15) is 0 Å². The molecule has 1 heterocycles. The second-order valence-electron chi connectivity index (χ2n) is 4.33. The van der Waals surface area contributed by atoms with E-state index in [0.29, 0.717) is 12.5 Å². The van der Waals surface area contributed by atoms with Gasteiger partial charge in [0.2, 0.25) is 0 Å². The van der Waals surface area contributed by atoms with Crippen LogP contribution in [0.15, 0.2) is 21.5 Å². The second-order valence-corrected chi connectivity index (χ2v) is 5.18. The van der Waals surface area contributed by atoms with Crippen LogP contribution in [0.4, 0.5) is 13.2 Å². The summed E-state index contributed by atoms with van der Waals surface area (Å²) in [6.45, 7) is 0.376. The quantitative estimate of drug-likeness (QED) is 0.820. The zero-order chi connectivity index (χ0) is 12.6. The van der Waals surface area contributed by atoms with Crippen molar-refractivity contribution < 1.29 is 13.2 Å². The molecule has 1 aliphatic rings. The minimum absolute atomic E-state index is 0.0355. The van der Waals surface area contributed by atoms with Gasteiger partial charge in [-0.25, -0.2) is 0 Å². The smallest absolute Gasteiger partial charge is 0.314 e. The molecule has 1 aliphatic carbocycles. The largest absolute Gasteiger partial charge is 0.417 e. The zero-order valence-corrected chi connectivity index (χ0v) is 10.5. The van der Waals surface area contributed by atoms with Gasteiger partial charge in [-0.05, 0) is 40.8 Å². The molecule has 0 aromatic carbocycles. The molecule has 0 saturated heterocycles. The first kappa shape index (κ1) is 12.7. The Morgan fingerprint density at radius 3 is 2.53 bits per heavy atom. The molecule has 2 rings (SSSR count). The van der Waals surface area contributed by atoms with Crippen LogP contribution in [0.5, 0.6) is 0 Å². The first-order valence-corrected chi connectivity index (χ1v) is 6.14. The molecule has 1 aromatic rings. The fourth-order valence-electron chi connectivity index (χ4n) is 1.84. The number of pyridine rings is 1. The molecule has 0 spiro atoms. The second kappa shape index (κ2) is 4.48. The molecule has 17 heavy (non-hydrogen) atoms. The summed E-state index contributed by atoms with van der Waals surface area (Å²) in [7, 11) is 0. The molecule has 0 aliphatic heterocycles. The molecule has 1 aromatic heterocycles. The predicted octanol–water partition coefficient (Wildman–Crippen LogP) is 3.43. The zero-order valence-electron chi connectivity index (χ0n) is 8.93. The van der Waals surface area contributed by atoms with E-state index in [9.17, 15) is 18.0 Å². The van der Waals surface area contributed by atoms with Crippen molar-refractivity contribution in [3.8, 4) is 0 Å². The third-order valence-electron chi connectivity index (χ3n) is 3.05. The lowest BCUT2D eigenvalue weighted by molar-refractivity contribution is -0.138. The van der Waals surface area contributed by atoms with Crippen LogP contribution in [0.25, 0.3) is 0 Å². The van der Waals surface area contributed by atoms with E-state index in [4.69, 9.17) is 0 Å². The lowest BCUT2D eigenvalue weighted by Gasteiger charge is -2.26. The molecule has 1 saturated carbocycles. The maximum absolute atomic E-state index is 12.6. The van der Waals surface area contributed by atoms with Crippen LogP contribution in [-0.2, 0) is 12.7 Å². The predicted molar refractivity (Wildman–Crippen MR) is 60.7 cm³/mol. The van der Waals surface area contributed by atoms with Gasteiger partial charge >= 0.3 is 6.18 Å². The van der Waals surface area contributed by atoms with E-state index in [1.54, 1.807) is 0 Å². The average molecular weight is 310 g/mol. The minimum Gasteiger partial charge on any atom is -0.314 e. The highest BCUT2D eigenvalue weighted by atomic mass is 79.9. The highest BCUT2D eigenvalue weighted by molar-refractivity contribution is 9.10. The first-order chi connectivity index (χ1) is 7.88. The van der Waals surface area contributed by atoms with Gasteiger partial charge in [-0.15, -0.1) is 0 Å². The van der Waals surface area contributed by atoms with E-state index >= 15 is 0 Å². The Morgan fingerprint density at radius 2 is 2.06 bits per heavy atom. The Balaban J connectivity index is 2.35. The normalized spacial score (nSPS) is 16.9. The van der Waals surface area contributed by atoms with Crippen molar-refractivity contribution in [2.45, 2.75) is 32.0 Å². The van der Waals surface area contributed by atoms with Crippen LogP contribution in [0, 0.1) is 5.92 Å². The lowest BCUT2D eigenvalue weighted by atomic mass is 9.85. The number of alkyl halides is 3. The Hall–Kier alpha value is -0.780. The van der Waals surface area contributed by atoms with E-state index < -0.39 is 17.3 Å². The van der Waals surface area contributed by atoms with Crippen LogP contribution in [-0.4, -0.2) is 4.57 Å². The Morgan fingerprint density at radius 1 is 1.41 bits per heavy atom. The SMILES string of the molecule is O=c1c(Br)cc(C(F)(F)F)cn1CC1CCC1. The summed E-state index contributed by atoms with van der Waals surface area (Å²) in [5.41, 5.74) is -1.19. The summed E-state index contributed by atoms with van der Waals surface area (Å²) in [5.74, 6) is 0.336. The van der Waals surface area contributed by atoms with Crippen LogP contribution in [0.2, 0.25) is 0 Å². The van der Waals surface area contributed by atoms with Crippen LogP contribution < -0.4 is 5.56 Å². The summed E-state index contributed by atoms with van der Waals surface area (Å²) in [4.78, 5) is 11.7. The first-order valence-electron chi connectivity index (χ1n) is 5.35. The van der Waals surface area contributed by atoms with Gasteiger partial charge in [0.05, 0.1) is 10.0 Å². The molecule has 0 atom stereocenters. The lowest BCUT2D eigenvalue weighted by Crippen LogP contribution is -2.28. The van der Waals surface area contributed by atoms with Crippen molar-refractivity contribution in [2.24, 2.45) is 5.92 Å². The maximum atomic E-state index is 12.6. The number of rotatable bonds is 2. The van der Waals surface area contributed by atoms with E-state index in [2.05, 4.69) is 15.9 Å². The Bertz CT molecular complexity index is 477. The van der Waals surface area contributed by atoms with Crippen LogP contribution in [0.1, 0.15) is 24.8 Å². The molecular formula is C11H11BrF3NO. The van der Waals surface area contributed by atoms with Crippen molar-refractivity contribution in [3.05, 3.63) is 32.7 Å². The molecule has 0 radical (unpaired) electrons. The van der Waals surface area contributed by atoms with Gasteiger partial charge in [-0.3, -0.25) is 4.79 Å². The molecule has 6 heteroatoms. The summed E-state index contributed by atoms with van der Waals surface area (Å²) in [6.07, 6.45) is -0.441. The molecule has 0 unspecified atom stereocenters. The van der Waals surface area contributed by atoms with E-state index in [0.717, 1.165) is 36.1 Å². The van der Waals surface area contributed by atoms with Gasteiger partial charge in [0.15, 0.2) is 0 Å². The van der Waals surface area contributed by atoms with Crippen molar-refractivity contribution in [2.75, 3.05) is 0 Å². The number of nitrogens with zero attached hydrogens (tertiary/aromatic N) is 1. The topological polar surface area (TPSA) is 22.0 Å². The van der Waals surface area contributed by atoms with Crippen LogP contribution >= 0.6 is 15.9 Å². The van der Waals surface area contributed by atoms with Crippen molar-refractivity contribution >= 4 is 15.9 Å². The minimum atomic E-state index is -4.42. The highest BCUT2D eigenvalue weighted by Crippen LogP contribution is 2.31. The summed E-state index contributed by atoms with van der Waals surface area (Å²) in [5, 5.41) is 0. The Labute approximate surface area is 105 Å². The van der Waals surface area contributed by atoms with Crippen LogP contribution in [0.3, 0.4) is 0 Å². The third-order valence-corrected chi connectivity index (χ3v) is 3.62. The summed E-state index contributed by atoms with van der Waals surface area (Å²) >= 11 is 2.89. The van der Waals surface area contributed by atoms with Gasteiger partial charge in [-0.2, -0.15) is 13.2 Å². The number of hydrogen-bond acceptors (Lipinski definition) is 1. The molecule has 0 bridgehead atoms. The van der Waals surface area contributed by atoms with Gasteiger partial charge in [0.25, 0.3) is 5.56 Å². The molecular weight excluding hydrogens is 299 g/mol. The van der Waals surface area contributed by atoms with E-state index in [1.807, 2.05) is 0 Å². The number of hydrogen-bond donors (Lipinski definition) is 0. The molecule has 94 valence electrons. The molecule has 0 amide bonds. The summed E-state index contributed by atoms with van der Waals surface area (Å²) < 4.78 is 38.9. The number of aromatic nitrogens is 1. The van der Waals surface area contributed by atoms with E-state index in [-0.39, 0.29) is 4.47 Å². The standard InChI is InChI=1S/C11H11BrF3NO/c12-9-4-8(11(13,14)15)6-16(10(9)17)5-7-2-1-3-7/h4,6-7H,1-3,5H2. The monoisotopic (exact) mass is 309 g/mol. The van der Waals surface area contributed by atoms with Gasteiger partial charge in [-0.1, -0.05) is 6.42 Å². The summed E-state index contributed by atoms with van der Waals surface area (Å²) in [6, 6.07) is 0.833. The highest BCUT2D eigenvalue weighted by Gasteiger charge is 2.32.